The highest BCUT2D eigenvalue weighted by Crippen LogP contribution is 1.92. The van der Waals surface area contributed by atoms with Crippen LogP contribution >= 0.6 is 0 Å². The van der Waals surface area contributed by atoms with E-state index < -0.39 is 16.5 Å². The number of hydrogen-bond acceptors (Lipinski definition) is 6. The summed E-state index contributed by atoms with van der Waals surface area (Å²) in [6, 6.07) is 0. The van der Waals surface area contributed by atoms with Crippen molar-refractivity contribution in [2.24, 2.45) is 0 Å². The summed E-state index contributed by atoms with van der Waals surface area (Å²) < 4.78 is 36.3. The summed E-state index contributed by atoms with van der Waals surface area (Å²) in [5, 5.41) is 15.2. The second kappa shape index (κ2) is 74.3. The Morgan fingerprint density at radius 2 is 0.963 bits per heavy atom. The van der Waals surface area contributed by atoms with E-state index in [-0.39, 0.29) is 13.2 Å². The molecule has 0 saturated heterocycles. The highest BCUT2D eigenvalue weighted by atomic mass is 32.3. The molecule has 0 aromatic heterocycles. The minimum absolute atomic E-state index is 0.125. The van der Waals surface area contributed by atoms with Crippen LogP contribution in [0.25, 0.3) is 0 Å². The van der Waals surface area contributed by atoms with E-state index in [1.165, 1.54) is 13.8 Å². The molecule has 0 heterocycles. The van der Waals surface area contributed by atoms with Crippen molar-refractivity contribution in [2.45, 2.75) is 33.8 Å². The fraction of sp³-hybridized carbons (Fsp3) is 0.474. The third kappa shape index (κ3) is 296. The van der Waals surface area contributed by atoms with Crippen LogP contribution in [0, 0.1) is 0 Å². The molecule has 0 aromatic carbocycles. The number of rotatable bonds is 5. The first-order valence-electron chi connectivity index (χ1n) is 7.70. The molecule has 0 rings (SSSR count). The molecule has 0 aliphatic rings. The van der Waals surface area contributed by atoms with E-state index in [0.29, 0.717) is 0 Å². The van der Waals surface area contributed by atoms with E-state index in [9.17, 15) is 8.42 Å². The lowest BCUT2D eigenvalue weighted by Gasteiger charge is -1.99. The molecule has 168 valence electrons. The van der Waals surface area contributed by atoms with E-state index >= 15 is 0 Å². The average Bonchev–Trinajstić information content (AvgIpc) is 2.69. The van der Waals surface area contributed by atoms with Gasteiger partial charge < -0.3 is 14.9 Å². The average molecular weight is 417 g/mol. The second-order valence-corrected chi connectivity index (χ2v) is 3.85. The lowest BCUT2D eigenvalue weighted by molar-refractivity contribution is 0.162. The van der Waals surface area contributed by atoms with E-state index in [1.54, 1.807) is 0 Å². The number of hydrogen-bond donors (Lipinski definition) is 3. The van der Waals surface area contributed by atoms with Crippen LogP contribution < -0.4 is 0 Å². The van der Waals surface area contributed by atoms with Crippen LogP contribution in [0.2, 0.25) is 0 Å². The molecular formula is C19H44O7S. The van der Waals surface area contributed by atoms with Crippen LogP contribution in [0.4, 0.5) is 0 Å². The van der Waals surface area contributed by atoms with Crippen LogP contribution in [0.5, 0.6) is 0 Å². The second-order valence-electron chi connectivity index (χ2n) is 2.80. The van der Waals surface area contributed by atoms with Gasteiger partial charge in [-0.2, -0.15) is 8.42 Å². The highest BCUT2D eigenvalue weighted by molar-refractivity contribution is 7.80. The molecule has 0 radical (unpaired) electrons. The fourth-order valence-electron chi connectivity index (χ4n) is 0.447. The van der Waals surface area contributed by atoms with E-state index in [1.807, 2.05) is 13.8 Å². The highest BCUT2D eigenvalue weighted by Gasteiger charge is 2.05. The van der Waals surface area contributed by atoms with Gasteiger partial charge in [0.1, 0.15) is 0 Å². The summed E-state index contributed by atoms with van der Waals surface area (Å²) in [5.41, 5.74) is 0. The Kier molecular flexibility index (Phi) is 138. The van der Waals surface area contributed by atoms with Crippen LogP contribution in [-0.4, -0.2) is 55.7 Å². The topological polar surface area (TPSA) is 113 Å². The van der Waals surface area contributed by atoms with Crippen molar-refractivity contribution in [3.05, 3.63) is 65.8 Å². The lowest BCUT2D eigenvalue weighted by atomic mass is 10.5. The fourth-order valence-corrected chi connectivity index (χ4v) is 0.934. The summed E-state index contributed by atoms with van der Waals surface area (Å²) >= 11 is 0. The molecule has 0 aliphatic carbocycles. The Morgan fingerprint density at radius 3 is 0.963 bits per heavy atom. The zero-order valence-corrected chi connectivity index (χ0v) is 18.7. The number of aliphatic hydroxyl groups is 2. The van der Waals surface area contributed by atoms with Gasteiger partial charge >= 0.3 is 10.4 Å². The molecule has 0 fully saturated rings. The Balaban J connectivity index is -0.0000000279. The summed E-state index contributed by atoms with van der Waals surface area (Å²) in [5.74, 6) is 0. The summed E-state index contributed by atoms with van der Waals surface area (Å²) in [6.45, 7) is 38.4. The molecule has 27 heavy (non-hydrogen) atoms. The Hall–Kier alpha value is -1.55. The monoisotopic (exact) mass is 416 g/mol. The molecule has 0 amide bonds. The molecule has 0 atom stereocenters. The molecule has 0 unspecified atom stereocenters. The Labute approximate surface area is 169 Å². The smallest absolute Gasteiger partial charge is 0.394 e. The molecule has 0 saturated carbocycles. The lowest BCUT2D eigenvalue weighted by Crippen LogP contribution is -2.10. The van der Waals surface area contributed by atoms with E-state index in [4.69, 9.17) is 19.5 Å². The van der Waals surface area contributed by atoms with Gasteiger partial charge in [0.2, 0.25) is 0 Å². The van der Waals surface area contributed by atoms with Crippen molar-refractivity contribution in [1.29, 1.82) is 0 Å². The van der Waals surface area contributed by atoms with Crippen molar-refractivity contribution in [2.75, 3.05) is 26.4 Å². The zero-order chi connectivity index (χ0) is 24.3. The van der Waals surface area contributed by atoms with Crippen LogP contribution in [0.15, 0.2) is 65.8 Å². The maximum absolute atomic E-state index is 9.78. The van der Waals surface area contributed by atoms with Gasteiger partial charge in [0.05, 0.1) is 19.3 Å². The van der Waals surface area contributed by atoms with Crippen molar-refractivity contribution in [1.82, 2.24) is 0 Å². The molecular weight excluding hydrogens is 372 g/mol. The first-order valence-corrected chi connectivity index (χ1v) is 9.06. The zero-order valence-electron chi connectivity index (χ0n) is 17.9. The van der Waals surface area contributed by atoms with Gasteiger partial charge in [-0.15, -0.1) is 65.8 Å². The minimum atomic E-state index is -4.22. The van der Waals surface area contributed by atoms with Gasteiger partial charge in [-0.1, -0.05) is 0 Å². The summed E-state index contributed by atoms with van der Waals surface area (Å²) in [7, 11) is -4.22. The quantitative estimate of drug-likeness (QED) is 0.454. The first-order chi connectivity index (χ1) is 12.7. The van der Waals surface area contributed by atoms with Gasteiger partial charge in [-0.3, -0.25) is 4.55 Å². The van der Waals surface area contributed by atoms with Crippen LogP contribution in [0.1, 0.15) is 27.7 Å². The third-order valence-electron chi connectivity index (χ3n) is 0.822. The molecule has 8 heteroatoms. The third-order valence-corrected chi connectivity index (χ3v) is 1.45. The normalized spacial score (nSPS) is 7.11. The van der Waals surface area contributed by atoms with Gasteiger partial charge in [0.15, 0.2) is 0 Å². The SMILES string of the molecule is C=C.C=C.C=C.C=C.C=C.CC(C)OS(=O)(=O)O.CCOCC.OCCO. The minimum Gasteiger partial charge on any atom is -0.394 e. The largest absolute Gasteiger partial charge is 0.397 e. The van der Waals surface area contributed by atoms with Crippen molar-refractivity contribution >= 4 is 10.4 Å². The molecule has 3 N–H and O–H groups in total. The number of aliphatic hydroxyl groups excluding tert-OH is 2. The molecule has 0 spiro atoms. The molecule has 0 aliphatic heterocycles. The maximum Gasteiger partial charge on any atom is 0.397 e. The van der Waals surface area contributed by atoms with Gasteiger partial charge in [0, 0.05) is 13.2 Å². The summed E-state index contributed by atoms with van der Waals surface area (Å²) in [4.78, 5) is 0. The number of ether oxygens (including phenoxy) is 1. The van der Waals surface area contributed by atoms with E-state index in [2.05, 4.69) is 70.0 Å². The summed E-state index contributed by atoms with van der Waals surface area (Å²) in [6.07, 6.45) is -0.495. The predicted octanol–water partition coefficient (Wildman–Crippen LogP) is 4.24. The predicted molar refractivity (Wildman–Crippen MR) is 120 cm³/mol. The molecule has 7 nitrogen and oxygen atoms in total. The van der Waals surface area contributed by atoms with E-state index in [0.717, 1.165) is 13.2 Å². The first kappa shape index (κ1) is 50.0. The van der Waals surface area contributed by atoms with Crippen molar-refractivity contribution in [3.8, 4) is 0 Å². The molecule has 0 aromatic rings. The van der Waals surface area contributed by atoms with Gasteiger partial charge in [0.25, 0.3) is 0 Å². The Bertz CT molecular complexity index is 266. The van der Waals surface area contributed by atoms with Gasteiger partial charge in [-0.05, 0) is 27.7 Å². The Morgan fingerprint density at radius 1 is 0.741 bits per heavy atom. The van der Waals surface area contributed by atoms with Crippen molar-refractivity contribution < 1.29 is 32.1 Å². The van der Waals surface area contributed by atoms with Crippen LogP contribution in [0.3, 0.4) is 0 Å². The molecule has 0 bridgehead atoms. The standard InChI is InChI=1S/C4H10O.C3H8O4S.C2H6O2.5C2H4/c1-3-5-4-2;1-3(2)7-8(4,5)6;3-1-2-4;5*1-2/h3-4H2,1-2H3;3H,1-2H3,(H,4,5,6);3-4H,1-2H2;5*1-2H2. The van der Waals surface area contributed by atoms with Crippen LogP contribution in [-0.2, 0) is 19.3 Å². The van der Waals surface area contributed by atoms with Crippen molar-refractivity contribution in [3.63, 3.8) is 0 Å². The maximum atomic E-state index is 9.78. The van der Waals surface area contributed by atoms with Gasteiger partial charge in [-0.25, -0.2) is 4.18 Å².